The molecule has 0 aromatic heterocycles. The summed E-state index contributed by atoms with van der Waals surface area (Å²) in [6.45, 7) is 6.15. The molecule has 0 amide bonds. The molecule has 1 aliphatic rings. The monoisotopic (exact) mass is 216 g/mol. The van der Waals surface area contributed by atoms with Gasteiger partial charge in [0.25, 0.3) is 0 Å². The molecule has 0 saturated heterocycles. The van der Waals surface area contributed by atoms with Gasteiger partial charge in [-0.25, -0.2) is 0 Å². The Morgan fingerprint density at radius 3 is 2.80 bits per heavy atom. The van der Waals surface area contributed by atoms with Crippen molar-refractivity contribution in [1.82, 2.24) is 10.2 Å². The van der Waals surface area contributed by atoms with Gasteiger partial charge in [0.2, 0.25) is 0 Å². The van der Waals surface area contributed by atoms with Crippen LogP contribution in [0.25, 0.3) is 0 Å². The van der Waals surface area contributed by atoms with Gasteiger partial charge in [0, 0.05) is 32.8 Å². The summed E-state index contributed by atoms with van der Waals surface area (Å²) in [5, 5.41) is 13.1. The number of nitrogens with one attached hydrogen (secondary N) is 1. The van der Waals surface area contributed by atoms with Crippen LogP contribution in [0.15, 0.2) is 0 Å². The highest BCUT2D eigenvalue weighted by Gasteiger charge is 2.21. The highest BCUT2D eigenvalue weighted by atomic mass is 16.5. The Morgan fingerprint density at radius 1 is 1.53 bits per heavy atom. The summed E-state index contributed by atoms with van der Waals surface area (Å²) in [7, 11) is 1.71. The predicted octanol–water partition coefficient (Wildman–Crippen LogP) is 0.0676. The maximum Gasteiger partial charge on any atom is 0.0791 e. The molecular weight excluding hydrogens is 192 g/mol. The third-order valence-corrected chi connectivity index (χ3v) is 2.75. The summed E-state index contributed by atoms with van der Waals surface area (Å²) in [4.78, 5) is 2.21. The molecule has 0 radical (unpaired) electrons. The SMILES string of the molecule is CCN(CCOC)CC(O)CNC1CC1. The lowest BCUT2D eigenvalue weighted by Crippen LogP contribution is -2.40. The first-order valence-corrected chi connectivity index (χ1v) is 5.89. The lowest BCUT2D eigenvalue weighted by molar-refractivity contribution is 0.0912. The topological polar surface area (TPSA) is 44.7 Å². The lowest BCUT2D eigenvalue weighted by Gasteiger charge is -2.23. The molecule has 1 unspecified atom stereocenters. The van der Waals surface area contributed by atoms with E-state index in [1.165, 1.54) is 12.8 Å². The van der Waals surface area contributed by atoms with E-state index in [1.54, 1.807) is 7.11 Å². The van der Waals surface area contributed by atoms with E-state index in [0.717, 1.165) is 26.2 Å². The molecule has 0 bridgehead atoms. The van der Waals surface area contributed by atoms with Crippen molar-refractivity contribution in [3.8, 4) is 0 Å². The molecule has 0 spiro atoms. The van der Waals surface area contributed by atoms with Gasteiger partial charge in [-0.2, -0.15) is 0 Å². The van der Waals surface area contributed by atoms with E-state index < -0.39 is 0 Å². The molecule has 2 N–H and O–H groups in total. The molecule has 0 aromatic carbocycles. The van der Waals surface area contributed by atoms with Gasteiger partial charge in [-0.3, -0.25) is 4.90 Å². The minimum Gasteiger partial charge on any atom is -0.390 e. The van der Waals surface area contributed by atoms with Crippen LogP contribution in [0, 0.1) is 0 Å². The second-order valence-corrected chi connectivity index (χ2v) is 4.22. The quantitative estimate of drug-likeness (QED) is 0.572. The fourth-order valence-electron chi connectivity index (χ4n) is 1.55. The van der Waals surface area contributed by atoms with Crippen LogP contribution in [0.1, 0.15) is 19.8 Å². The van der Waals surface area contributed by atoms with Gasteiger partial charge >= 0.3 is 0 Å². The van der Waals surface area contributed by atoms with Crippen LogP contribution in [0.3, 0.4) is 0 Å². The van der Waals surface area contributed by atoms with Gasteiger partial charge in [-0.15, -0.1) is 0 Å². The molecular formula is C11H24N2O2. The first kappa shape index (κ1) is 12.9. The molecule has 1 saturated carbocycles. The number of ether oxygens (including phenoxy) is 1. The molecule has 90 valence electrons. The fraction of sp³-hybridized carbons (Fsp3) is 1.00. The third kappa shape index (κ3) is 6.10. The van der Waals surface area contributed by atoms with E-state index in [4.69, 9.17) is 4.74 Å². The smallest absolute Gasteiger partial charge is 0.0791 e. The van der Waals surface area contributed by atoms with Gasteiger partial charge in [-0.1, -0.05) is 6.92 Å². The van der Waals surface area contributed by atoms with Crippen molar-refractivity contribution >= 4 is 0 Å². The van der Waals surface area contributed by atoms with Gasteiger partial charge < -0.3 is 15.2 Å². The molecule has 4 nitrogen and oxygen atoms in total. The second-order valence-electron chi connectivity index (χ2n) is 4.22. The zero-order chi connectivity index (χ0) is 11.1. The van der Waals surface area contributed by atoms with E-state index in [1.807, 2.05) is 0 Å². The first-order valence-electron chi connectivity index (χ1n) is 5.89. The number of likely N-dealkylation sites (N-methyl/N-ethyl adjacent to an activating group) is 1. The summed E-state index contributed by atoms with van der Waals surface area (Å²) >= 11 is 0. The Hall–Kier alpha value is -0.160. The lowest BCUT2D eigenvalue weighted by atomic mass is 10.3. The summed E-state index contributed by atoms with van der Waals surface area (Å²) in [5.74, 6) is 0. The average molecular weight is 216 g/mol. The number of hydrogen-bond acceptors (Lipinski definition) is 4. The van der Waals surface area contributed by atoms with Crippen LogP contribution in [0.2, 0.25) is 0 Å². The zero-order valence-electron chi connectivity index (χ0n) is 9.91. The minimum atomic E-state index is -0.262. The van der Waals surface area contributed by atoms with E-state index in [-0.39, 0.29) is 6.10 Å². The van der Waals surface area contributed by atoms with Crippen LogP contribution in [-0.4, -0.2) is 62.0 Å². The van der Waals surface area contributed by atoms with Crippen molar-refractivity contribution in [3.05, 3.63) is 0 Å². The maximum absolute atomic E-state index is 9.78. The maximum atomic E-state index is 9.78. The molecule has 1 aliphatic carbocycles. The number of methoxy groups -OCH3 is 1. The normalized spacial score (nSPS) is 18.4. The first-order chi connectivity index (χ1) is 7.26. The van der Waals surface area contributed by atoms with E-state index in [2.05, 4.69) is 17.1 Å². The van der Waals surface area contributed by atoms with Crippen LogP contribution < -0.4 is 5.32 Å². The van der Waals surface area contributed by atoms with Crippen molar-refractivity contribution in [1.29, 1.82) is 0 Å². The third-order valence-electron chi connectivity index (χ3n) is 2.75. The Kier molecular flexibility index (Phi) is 6.17. The van der Waals surface area contributed by atoms with Crippen LogP contribution in [0.4, 0.5) is 0 Å². The fourth-order valence-corrected chi connectivity index (χ4v) is 1.55. The number of hydrogen-bond donors (Lipinski definition) is 2. The standard InChI is InChI=1S/C11H24N2O2/c1-3-13(6-7-15-2)9-11(14)8-12-10-4-5-10/h10-12,14H,3-9H2,1-2H3. The van der Waals surface area contributed by atoms with Crippen LogP contribution in [0.5, 0.6) is 0 Å². The van der Waals surface area contributed by atoms with E-state index in [9.17, 15) is 5.11 Å². The van der Waals surface area contributed by atoms with Gasteiger partial charge in [0.1, 0.15) is 0 Å². The van der Waals surface area contributed by atoms with Gasteiger partial charge in [0.15, 0.2) is 0 Å². The molecule has 0 aliphatic heterocycles. The Labute approximate surface area is 92.6 Å². The van der Waals surface area contributed by atoms with Gasteiger partial charge in [0.05, 0.1) is 12.7 Å². The highest BCUT2D eigenvalue weighted by molar-refractivity contribution is 4.82. The average Bonchev–Trinajstić information content (AvgIpc) is 3.05. The number of rotatable bonds is 9. The summed E-state index contributed by atoms with van der Waals surface area (Å²) in [6.07, 6.45) is 2.28. The summed E-state index contributed by atoms with van der Waals surface area (Å²) in [5.41, 5.74) is 0. The molecule has 4 heteroatoms. The van der Waals surface area contributed by atoms with Crippen molar-refractivity contribution in [3.63, 3.8) is 0 Å². The summed E-state index contributed by atoms with van der Waals surface area (Å²) in [6, 6.07) is 0.675. The highest BCUT2D eigenvalue weighted by Crippen LogP contribution is 2.18. The minimum absolute atomic E-state index is 0.262. The molecule has 0 aromatic rings. The van der Waals surface area contributed by atoms with Crippen molar-refractivity contribution in [2.24, 2.45) is 0 Å². The second kappa shape index (κ2) is 7.17. The Balaban J connectivity index is 2.05. The Bertz CT molecular complexity index is 163. The molecule has 1 fully saturated rings. The van der Waals surface area contributed by atoms with Crippen molar-refractivity contribution in [2.75, 3.05) is 39.9 Å². The van der Waals surface area contributed by atoms with Crippen LogP contribution in [-0.2, 0) is 4.74 Å². The predicted molar refractivity (Wildman–Crippen MR) is 61.0 cm³/mol. The molecule has 1 atom stereocenters. The van der Waals surface area contributed by atoms with Gasteiger partial charge in [-0.05, 0) is 19.4 Å². The largest absolute Gasteiger partial charge is 0.390 e. The Morgan fingerprint density at radius 2 is 2.27 bits per heavy atom. The van der Waals surface area contributed by atoms with Crippen molar-refractivity contribution < 1.29 is 9.84 Å². The molecule has 15 heavy (non-hydrogen) atoms. The van der Waals surface area contributed by atoms with E-state index >= 15 is 0 Å². The van der Waals surface area contributed by atoms with E-state index in [0.29, 0.717) is 12.6 Å². The van der Waals surface area contributed by atoms with Crippen LogP contribution >= 0.6 is 0 Å². The number of nitrogens with zero attached hydrogens (tertiary/aromatic N) is 1. The summed E-state index contributed by atoms with van der Waals surface area (Å²) < 4.78 is 5.02. The number of aliphatic hydroxyl groups excluding tert-OH is 1. The molecule has 1 rings (SSSR count). The number of aliphatic hydroxyl groups is 1. The zero-order valence-corrected chi connectivity index (χ0v) is 9.91. The molecule has 0 heterocycles. The van der Waals surface area contributed by atoms with Crippen molar-refractivity contribution in [2.45, 2.75) is 31.9 Å².